The molecule has 2 aromatic rings. The minimum atomic E-state index is -0.193. The molecule has 1 nitrogen and oxygen atoms in total. The van der Waals surface area contributed by atoms with Gasteiger partial charge in [0.2, 0.25) is 0 Å². The fourth-order valence-corrected chi connectivity index (χ4v) is 2.22. The lowest BCUT2D eigenvalue weighted by Crippen LogP contribution is -2.18. The normalized spacial score (nSPS) is 12.4. The maximum absolute atomic E-state index is 13.1. The van der Waals surface area contributed by atoms with E-state index in [0.717, 1.165) is 16.6 Å². The predicted octanol–water partition coefficient (Wildman–Crippen LogP) is 4.44. The van der Waals surface area contributed by atoms with Crippen molar-refractivity contribution in [1.82, 2.24) is 5.32 Å². The smallest absolute Gasteiger partial charge is 0.123 e. The Kier molecular flexibility index (Phi) is 4.50. The predicted molar refractivity (Wildman–Crippen MR) is 75.8 cm³/mol. The summed E-state index contributed by atoms with van der Waals surface area (Å²) in [7, 11) is 0. The summed E-state index contributed by atoms with van der Waals surface area (Å²) in [5, 5.41) is 3.39. The van der Waals surface area contributed by atoms with Gasteiger partial charge < -0.3 is 5.32 Å². The summed E-state index contributed by atoms with van der Waals surface area (Å²) < 4.78 is 14.2. The molecule has 18 heavy (non-hydrogen) atoms. The van der Waals surface area contributed by atoms with Crippen LogP contribution in [-0.4, -0.2) is 0 Å². The minimum Gasteiger partial charge on any atom is -0.306 e. The summed E-state index contributed by atoms with van der Waals surface area (Å²) in [6, 6.07) is 14.9. The molecule has 0 spiro atoms. The topological polar surface area (TPSA) is 12.0 Å². The van der Waals surface area contributed by atoms with Gasteiger partial charge in [-0.3, -0.25) is 0 Å². The Labute approximate surface area is 115 Å². The Hall–Kier alpha value is -1.19. The van der Waals surface area contributed by atoms with Crippen LogP contribution in [0.15, 0.2) is 53.0 Å². The number of hydrogen-bond donors (Lipinski definition) is 1. The zero-order valence-corrected chi connectivity index (χ0v) is 11.7. The van der Waals surface area contributed by atoms with Crippen molar-refractivity contribution in [2.75, 3.05) is 0 Å². The SMILES string of the molecule is C[C@@H](NCc1ccccc1Br)c1cccc(F)c1. The van der Waals surface area contributed by atoms with Crippen molar-refractivity contribution in [3.8, 4) is 0 Å². The number of hydrogen-bond acceptors (Lipinski definition) is 1. The maximum atomic E-state index is 13.1. The first-order chi connectivity index (χ1) is 8.66. The molecule has 0 unspecified atom stereocenters. The molecule has 0 saturated carbocycles. The van der Waals surface area contributed by atoms with Crippen molar-refractivity contribution in [2.24, 2.45) is 0 Å². The third-order valence-electron chi connectivity index (χ3n) is 2.91. The second-order valence-electron chi connectivity index (χ2n) is 4.25. The van der Waals surface area contributed by atoms with Gasteiger partial charge in [-0.25, -0.2) is 4.39 Å². The van der Waals surface area contributed by atoms with Gasteiger partial charge in [0.25, 0.3) is 0 Å². The van der Waals surface area contributed by atoms with Gasteiger partial charge in [-0.2, -0.15) is 0 Å². The van der Waals surface area contributed by atoms with Crippen LogP contribution < -0.4 is 5.32 Å². The molecule has 0 fully saturated rings. The summed E-state index contributed by atoms with van der Waals surface area (Å²) in [6.07, 6.45) is 0. The van der Waals surface area contributed by atoms with Gasteiger partial charge in [-0.05, 0) is 36.2 Å². The van der Waals surface area contributed by atoms with E-state index in [9.17, 15) is 4.39 Å². The van der Waals surface area contributed by atoms with Gasteiger partial charge in [0.1, 0.15) is 5.82 Å². The van der Waals surface area contributed by atoms with Crippen molar-refractivity contribution in [3.63, 3.8) is 0 Å². The molecule has 0 aliphatic heterocycles. The zero-order valence-electron chi connectivity index (χ0n) is 10.2. The number of nitrogens with one attached hydrogen (secondary N) is 1. The second-order valence-corrected chi connectivity index (χ2v) is 5.10. The monoisotopic (exact) mass is 307 g/mol. The second kappa shape index (κ2) is 6.12. The molecular weight excluding hydrogens is 293 g/mol. The van der Waals surface area contributed by atoms with Crippen LogP contribution in [-0.2, 0) is 6.54 Å². The number of halogens is 2. The average Bonchev–Trinajstić information content (AvgIpc) is 2.37. The Balaban J connectivity index is 2.00. The van der Waals surface area contributed by atoms with Crippen LogP contribution in [0, 0.1) is 5.82 Å². The lowest BCUT2D eigenvalue weighted by atomic mass is 10.1. The van der Waals surface area contributed by atoms with Crippen LogP contribution in [0.3, 0.4) is 0 Å². The van der Waals surface area contributed by atoms with Crippen molar-refractivity contribution in [2.45, 2.75) is 19.5 Å². The number of benzene rings is 2. The van der Waals surface area contributed by atoms with Crippen molar-refractivity contribution in [3.05, 3.63) is 69.9 Å². The molecule has 2 aromatic carbocycles. The standard InChI is InChI=1S/C15H15BrFN/c1-11(12-6-4-7-14(17)9-12)18-10-13-5-2-3-8-15(13)16/h2-9,11,18H,10H2,1H3/t11-/m1/s1. The lowest BCUT2D eigenvalue weighted by Gasteiger charge is -2.15. The quantitative estimate of drug-likeness (QED) is 0.880. The first kappa shape index (κ1) is 13.2. The summed E-state index contributed by atoms with van der Waals surface area (Å²) in [5.74, 6) is -0.193. The molecule has 0 bridgehead atoms. The van der Waals surface area contributed by atoms with Crippen LogP contribution >= 0.6 is 15.9 Å². The lowest BCUT2D eigenvalue weighted by molar-refractivity contribution is 0.564. The molecule has 1 N–H and O–H groups in total. The highest BCUT2D eigenvalue weighted by molar-refractivity contribution is 9.10. The van der Waals surface area contributed by atoms with Crippen molar-refractivity contribution in [1.29, 1.82) is 0 Å². The number of rotatable bonds is 4. The maximum Gasteiger partial charge on any atom is 0.123 e. The zero-order chi connectivity index (χ0) is 13.0. The first-order valence-electron chi connectivity index (χ1n) is 5.89. The molecule has 0 aliphatic carbocycles. The molecule has 1 atom stereocenters. The molecule has 0 aromatic heterocycles. The van der Waals surface area contributed by atoms with Crippen molar-refractivity contribution >= 4 is 15.9 Å². The molecular formula is C15H15BrFN. The molecule has 0 heterocycles. The average molecular weight is 308 g/mol. The van der Waals surface area contributed by atoms with E-state index in [2.05, 4.69) is 27.3 Å². The van der Waals surface area contributed by atoms with Crippen LogP contribution in [0.1, 0.15) is 24.1 Å². The molecule has 94 valence electrons. The Morgan fingerprint density at radius 2 is 1.94 bits per heavy atom. The van der Waals surface area contributed by atoms with E-state index in [1.807, 2.05) is 31.2 Å². The molecule has 0 radical (unpaired) electrons. The van der Waals surface area contributed by atoms with Gasteiger partial charge in [-0.15, -0.1) is 0 Å². The van der Waals surface area contributed by atoms with E-state index in [1.54, 1.807) is 12.1 Å². The first-order valence-corrected chi connectivity index (χ1v) is 6.68. The Morgan fingerprint density at radius 3 is 2.67 bits per heavy atom. The summed E-state index contributed by atoms with van der Waals surface area (Å²) in [5.41, 5.74) is 2.16. The largest absolute Gasteiger partial charge is 0.306 e. The highest BCUT2D eigenvalue weighted by atomic mass is 79.9. The van der Waals surface area contributed by atoms with Gasteiger partial charge in [0.05, 0.1) is 0 Å². The summed E-state index contributed by atoms with van der Waals surface area (Å²) in [6.45, 7) is 2.78. The van der Waals surface area contributed by atoms with Gasteiger partial charge in [0.15, 0.2) is 0 Å². The van der Waals surface area contributed by atoms with Crippen LogP contribution in [0.2, 0.25) is 0 Å². The fourth-order valence-electron chi connectivity index (χ4n) is 1.80. The summed E-state index contributed by atoms with van der Waals surface area (Å²) >= 11 is 3.51. The Bertz CT molecular complexity index is 527. The molecule has 3 heteroatoms. The minimum absolute atomic E-state index is 0.118. The van der Waals surface area contributed by atoms with Gasteiger partial charge in [0, 0.05) is 17.1 Å². The van der Waals surface area contributed by atoms with E-state index >= 15 is 0 Å². The molecule has 0 saturated heterocycles. The highest BCUT2D eigenvalue weighted by Crippen LogP contribution is 2.18. The third kappa shape index (κ3) is 3.40. The van der Waals surface area contributed by atoms with Crippen LogP contribution in [0.4, 0.5) is 4.39 Å². The fraction of sp³-hybridized carbons (Fsp3) is 0.200. The Morgan fingerprint density at radius 1 is 1.17 bits per heavy atom. The molecule has 0 aliphatic rings. The van der Waals surface area contributed by atoms with Crippen LogP contribution in [0.5, 0.6) is 0 Å². The van der Waals surface area contributed by atoms with Gasteiger partial charge >= 0.3 is 0 Å². The van der Waals surface area contributed by atoms with E-state index in [0.29, 0.717) is 0 Å². The van der Waals surface area contributed by atoms with E-state index < -0.39 is 0 Å². The van der Waals surface area contributed by atoms with E-state index in [1.165, 1.54) is 11.6 Å². The highest BCUT2D eigenvalue weighted by Gasteiger charge is 2.06. The molecule has 0 amide bonds. The van der Waals surface area contributed by atoms with Crippen LogP contribution in [0.25, 0.3) is 0 Å². The third-order valence-corrected chi connectivity index (χ3v) is 3.68. The van der Waals surface area contributed by atoms with E-state index in [-0.39, 0.29) is 11.9 Å². The van der Waals surface area contributed by atoms with Gasteiger partial charge in [-0.1, -0.05) is 46.3 Å². The van der Waals surface area contributed by atoms with Crippen molar-refractivity contribution < 1.29 is 4.39 Å². The van der Waals surface area contributed by atoms with E-state index in [4.69, 9.17) is 0 Å². The molecule has 2 rings (SSSR count). The summed E-state index contributed by atoms with van der Waals surface area (Å²) in [4.78, 5) is 0.